The van der Waals surface area contributed by atoms with Crippen LogP contribution in [0.4, 0.5) is 0 Å². The molecule has 4 aromatic rings. The van der Waals surface area contributed by atoms with Gasteiger partial charge in [-0.2, -0.15) is 0 Å². The average molecular weight is 379 g/mol. The van der Waals surface area contributed by atoms with E-state index in [9.17, 15) is 4.79 Å². The molecular weight excluding hydrogens is 358 g/mol. The number of nitrogens with one attached hydrogen (secondary N) is 1. The summed E-state index contributed by atoms with van der Waals surface area (Å²) in [6.45, 7) is 4.60. The molecule has 1 unspecified atom stereocenters. The number of aryl methyl sites for hydroxylation is 1. The van der Waals surface area contributed by atoms with E-state index in [0.717, 1.165) is 33.1 Å². The number of pyridine rings is 2. The van der Waals surface area contributed by atoms with Crippen molar-refractivity contribution in [2.24, 2.45) is 5.73 Å². The summed E-state index contributed by atoms with van der Waals surface area (Å²) in [5.41, 5.74) is 10.3. The van der Waals surface area contributed by atoms with Gasteiger partial charge in [0.1, 0.15) is 4.70 Å². The van der Waals surface area contributed by atoms with Gasteiger partial charge in [-0.1, -0.05) is 31.2 Å². The maximum Gasteiger partial charge on any atom is 0.266 e. The number of nitrogens with zero attached hydrogens (tertiary/aromatic N) is 1. The van der Waals surface area contributed by atoms with Crippen molar-refractivity contribution in [2.45, 2.75) is 19.8 Å². The van der Waals surface area contributed by atoms with E-state index in [4.69, 9.17) is 10.5 Å². The molecule has 0 saturated heterocycles. The molecule has 0 aliphatic rings. The lowest BCUT2D eigenvalue weighted by Crippen LogP contribution is -2.09. The lowest BCUT2D eigenvalue weighted by molar-refractivity contribution is 0.399. The molecule has 4 rings (SSSR count). The number of benzene rings is 1. The van der Waals surface area contributed by atoms with Gasteiger partial charge in [-0.3, -0.25) is 4.79 Å². The monoisotopic (exact) mass is 379 g/mol. The first-order chi connectivity index (χ1) is 13.0. The van der Waals surface area contributed by atoms with Crippen molar-refractivity contribution in [1.29, 1.82) is 0 Å². The predicted octanol–water partition coefficient (Wildman–Crippen LogP) is 4.18. The van der Waals surface area contributed by atoms with Gasteiger partial charge in [0.2, 0.25) is 5.88 Å². The molecule has 0 amide bonds. The molecule has 0 spiro atoms. The Morgan fingerprint density at radius 1 is 1.26 bits per heavy atom. The standard InChI is InChI=1S/C21H21N3O2S/c1-11(10-22)13-4-6-14(7-5-13)16-17-15-8-9-27-19(15)20(25)24-18(17)12(2)23-21(16)26-3/h4-9,11H,10,22H2,1-3H3,(H,24,25). The third-order valence-corrected chi connectivity index (χ3v) is 5.95. The third-order valence-electron chi connectivity index (χ3n) is 5.04. The summed E-state index contributed by atoms with van der Waals surface area (Å²) in [7, 11) is 1.62. The van der Waals surface area contributed by atoms with Crippen LogP contribution in [0, 0.1) is 6.92 Å². The number of aromatic amines is 1. The summed E-state index contributed by atoms with van der Waals surface area (Å²) in [6.07, 6.45) is 0. The number of thiophene rings is 1. The highest BCUT2D eigenvalue weighted by atomic mass is 32.1. The number of H-pyrrole nitrogens is 1. The molecule has 0 saturated carbocycles. The average Bonchev–Trinajstić information content (AvgIpc) is 3.18. The largest absolute Gasteiger partial charge is 0.481 e. The third kappa shape index (κ3) is 2.81. The number of rotatable bonds is 4. The van der Waals surface area contributed by atoms with Crippen molar-refractivity contribution >= 4 is 32.3 Å². The van der Waals surface area contributed by atoms with Crippen LogP contribution in [-0.2, 0) is 0 Å². The maximum atomic E-state index is 12.4. The lowest BCUT2D eigenvalue weighted by atomic mass is 9.95. The second kappa shape index (κ2) is 6.79. The van der Waals surface area contributed by atoms with Crippen LogP contribution in [0.25, 0.3) is 32.1 Å². The van der Waals surface area contributed by atoms with Crippen molar-refractivity contribution in [1.82, 2.24) is 9.97 Å². The summed E-state index contributed by atoms with van der Waals surface area (Å²) in [5.74, 6) is 0.855. The minimum atomic E-state index is -0.0827. The van der Waals surface area contributed by atoms with E-state index in [0.29, 0.717) is 23.0 Å². The Labute approximate surface area is 160 Å². The Morgan fingerprint density at radius 3 is 2.67 bits per heavy atom. The van der Waals surface area contributed by atoms with Gasteiger partial charge < -0.3 is 15.5 Å². The highest BCUT2D eigenvalue weighted by Gasteiger charge is 2.19. The van der Waals surface area contributed by atoms with Gasteiger partial charge in [-0.25, -0.2) is 4.98 Å². The predicted molar refractivity (Wildman–Crippen MR) is 112 cm³/mol. The SMILES string of the molecule is COc1nc(C)c2[nH]c(=O)c3sccc3c2c1-c1ccc(C(C)CN)cc1. The Balaban J connectivity index is 2.08. The molecule has 6 heteroatoms. The minimum absolute atomic E-state index is 0.0827. The van der Waals surface area contributed by atoms with Gasteiger partial charge in [-0.15, -0.1) is 11.3 Å². The molecule has 138 valence electrons. The van der Waals surface area contributed by atoms with Gasteiger partial charge in [0.15, 0.2) is 0 Å². The van der Waals surface area contributed by atoms with E-state index in [2.05, 4.69) is 41.2 Å². The van der Waals surface area contributed by atoms with E-state index in [-0.39, 0.29) is 5.56 Å². The van der Waals surface area contributed by atoms with E-state index < -0.39 is 0 Å². The Hall–Kier alpha value is -2.70. The summed E-state index contributed by atoms with van der Waals surface area (Å²) in [5, 5.41) is 3.84. The Kier molecular flexibility index (Phi) is 4.45. The highest BCUT2D eigenvalue weighted by Crippen LogP contribution is 2.40. The topological polar surface area (TPSA) is 81.0 Å². The number of aromatic nitrogens is 2. The Bertz CT molecular complexity index is 1190. The van der Waals surface area contributed by atoms with Crippen molar-refractivity contribution in [2.75, 3.05) is 13.7 Å². The van der Waals surface area contributed by atoms with E-state index in [1.807, 2.05) is 18.4 Å². The number of methoxy groups -OCH3 is 1. The van der Waals surface area contributed by atoms with Crippen molar-refractivity contribution in [3.8, 4) is 17.0 Å². The smallest absolute Gasteiger partial charge is 0.266 e. The number of ether oxygens (including phenoxy) is 1. The van der Waals surface area contributed by atoms with Crippen molar-refractivity contribution in [3.05, 3.63) is 57.3 Å². The maximum absolute atomic E-state index is 12.4. The summed E-state index contributed by atoms with van der Waals surface area (Å²) >= 11 is 1.44. The second-order valence-corrected chi connectivity index (χ2v) is 7.62. The van der Waals surface area contributed by atoms with Crippen LogP contribution >= 0.6 is 11.3 Å². The molecule has 1 aromatic carbocycles. The van der Waals surface area contributed by atoms with Crippen LogP contribution in [-0.4, -0.2) is 23.6 Å². The fourth-order valence-electron chi connectivity index (χ4n) is 3.48. The highest BCUT2D eigenvalue weighted by molar-refractivity contribution is 7.17. The zero-order valence-electron chi connectivity index (χ0n) is 15.5. The molecule has 5 nitrogen and oxygen atoms in total. The number of fused-ring (bicyclic) bond motifs is 3. The summed E-state index contributed by atoms with van der Waals surface area (Å²) in [6, 6.07) is 10.3. The molecule has 0 radical (unpaired) electrons. The van der Waals surface area contributed by atoms with Gasteiger partial charge in [0.05, 0.1) is 23.9 Å². The van der Waals surface area contributed by atoms with Gasteiger partial charge in [0.25, 0.3) is 5.56 Å². The van der Waals surface area contributed by atoms with Crippen LogP contribution in [0.1, 0.15) is 24.1 Å². The van der Waals surface area contributed by atoms with Gasteiger partial charge in [0, 0.05) is 10.8 Å². The van der Waals surface area contributed by atoms with E-state index >= 15 is 0 Å². The van der Waals surface area contributed by atoms with Crippen molar-refractivity contribution < 1.29 is 4.74 Å². The number of nitrogens with two attached hydrogens (primary N) is 1. The first kappa shape index (κ1) is 17.7. The fourth-order valence-corrected chi connectivity index (χ4v) is 4.28. The minimum Gasteiger partial charge on any atom is -0.481 e. The zero-order valence-corrected chi connectivity index (χ0v) is 16.3. The number of hydrogen-bond donors (Lipinski definition) is 2. The molecule has 3 aromatic heterocycles. The van der Waals surface area contributed by atoms with Crippen LogP contribution in [0.2, 0.25) is 0 Å². The molecule has 0 aliphatic carbocycles. The molecule has 0 aliphatic heterocycles. The lowest BCUT2D eigenvalue weighted by Gasteiger charge is -2.15. The number of hydrogen-bond acceptors (Lipinski definition) is 5. The molecule has 1 atom stereocenters. The van der Waals surface area contributed by atoms with E-state index in [1.54, 1.807) is 7.11 Å². The molecule has 0 fully saturated rings. The molecule has 27 heavy (non-hydrogen) atoms. The fraction of sp³-hybridized carbons (Fsp3) is 0.238. The van der Waals surface area contributed by atoms with Gasteiger partial charge >= 0.3 is 0 Å². The summed E-state index contributed by atoms with van der Waals surface area (Å²) in [4.78, 5) is 20.0. The second-order valence-electron chi connectivity index (χ2n) is 6.71. The summed E-state index contributed by atoms with van der Waals surface area (Å²) < 4.78 is 6.34. The van der Waals surface area contributed by atoms with Crippen LogP contribution in [0.15, 0.2) is 40.5 Å². The van der Waals surface area contributed by atoms with Crippen LogP contribution in [0.5, 0.6) is 5.88 Å². The van der Waals surface area contributed by atoms with Gasteiger partial charge in [-0.05, 0) is 42.0 Å². The van der Waals surface area contributed by atoms with E-state index in [1.165, 1.54) is 16.9 Å². The van der Waals surface area contributed by atoms with Crippen LogP contribution < -0.4 is 16.0 Å². The normalized spacial score (nSPS) is 12.6. The zero-order chi connectivity index (χ0) is 19.1. The first-order valence-corrected chi connectivity index (χ1v) is 9.71. The molecule has 3 N–H and O–H groups in total. The van der Waals surface area contributed by atoms with Crippen molar-refractivity contribution in [3.63, 3.8) is 0 Å². The van der Waals surface area contributed by atoms with Crippen LogP contribution in [0.3, 0.4) is 0 Å². The quantitative estimate of drug-likeness (QED) is 0.557. The molecule has 3 heterocycles. The molecule has 0 bridgehead atoms. The molecular formula is C21H21N3O2S. The Morgan fingerprint density at radius 2 is 2.00 bits per heavy atom. The first-order valence-electron chi connectivity index (χ1n) is 8.83.